The largest absolute Gasteiger partial charge is 0.436 e. The number of carbonyl (C=O) groups is 1. The molecule has 0 aromatic heterocycles. The highest BCUT2D eigenvalue weighted by Gasteiger charge is 2.49. The van der Waals surface area contributed by atoms with E-state index in [-0.39, 0.29) is 12.1 Å². The number of carbonyl (C=O) groups excluding carboxylic acids is 1. The number of amides is 1. The minimum absolute atomic E-state index is 0.146. The lowest BCUT2D eigenvalue weighted by Crippen LogP contribution is -2.35. The van der Waals surface area contributed by atoms with Gasteiger partial charge in [-0.25, -0.2) is 4.79 Å². The molecule has 1 fully saturated rings. The monoisotopic (exact) mass is 315 g/mol. The Morgan fingerprint density at radius 3 is 2.48 bits per heavy atom. The van der Waals surface area contributed by atoms with Crippen LogP contribution in [0.25, 0.3) is 6.08 Å². The maximum absolute atomic E-state index is 12.6. The summed E-state index contributed by atoms with van der Waals surface area (Å²) in [5.41, 5.74) is 1.66. The van der Waals surface area contributed by atoms with Gasteiger partial charge in [0.15, 0.2) is 5.60 Å². The zero-order valence-corrected chi connectivity index (χ0v) is 14.8. The molecule has 1 aromatic carbocycles. The van der Waals surface area contributed by atoms with E-state index in [2.05, 4.69) is 45.9 Å². The summed E-state index contributed by atoms with van der Waals surface area (Å²) in [7, 11) is 0. The molecular formula is C20H29NO2. The molecule has 0 saturated carbocycles. The molecule has 1 amide bonds. The van der Waals surface area contributed by atoms with Crippen LogP contribution in [-0.2, 0) is 4.74 Å². The van der Waals surface area contributed by atoms with Gasteiger partial charge in [-0.15, -0.1) is 0 Å². The third kappa shape index (κ3) is 3.60. The first-order chi connectivity index (χ1) is 11.1. The van der Waals surface area contributed by atoms with Crippen molar-refractivity contribution < 1.29 is 9.53 Å². The number of rotatable bonds is 7. The normalized spacial score (nSPS) is 24.1. The quantitative estimate of drug-likeness (QED) is 0.654. The zero-order chi connectivity index (χ0) is 16.9. The van der Waals surface area contributed by atoms with Crippen LogP contribution < -0.4 is 0 Å². The molecule has 2 rings (SSSR count). The fraction of sp³-hybridized carbons (Fsp3) is 0.550. The van der Waals surface area contributed by atoms with Gasteiger partial charge in [-0.2, -0.15) is 0 Å². The topological polar surface area (TPSA) is 29.5 Å². The van der Waals surface area contributed by atoms with Gasteiger partial charge in [0.05, 0.1) is 5.70 Å². The maximum Gasteiger partial charge on any atom is 0.415 e. The van der Waals surface area contributed by atoms with E-state index in [1.807, 2.05) is 23.1 Å². The molecule has 2 atom stereocenters. The predicted octanol–water partition coefficient (Wildman–Crippen LogP) is 5.62. The molecule has 3 nitrogen and oxygen atoms in total. The van der Waals surface area contributed by atoms with Gasteiger partial charge < -0.3 is 4.74 Å². The Hall–Kier alpha value is -1.77. The van der Waals surface area contributed by atoms with Crippen molar-refractivity contribution in [1.82, 2.24) is 4.90 Å². The minimum Gasteiger partial charge on any atom is -0.436 e. The number of ether oxygens (including phenoxy) is 1. The second kappa shape index (κ2) is 7.67. The van der Waals surface area contributed by atoms with Crippen molar-refractivity contribution in [3.63, 3.8) is 0 Å². The van der Waals surface area contributed by atoms with Gasteiger partial charge in [0, 0.05) is 6.04 Å². The lowest BCUT2D eigenvalue weighted by atomic mass is 9.88. The van der Waals surface area contributed by atoms with Gasteiger partial charge in [0.25, 0.3) is 0 Å². The summed E-state index contributed by atoms with van der Waals surface area (Å²) in [6.45, 7) is 8.48. The average molecular weight is 315 g/mol. The fourth-order valence-corrected chi connectivity index (χ4v) is 3.17. The number of hydrogen-bond acceptors (Lipinski definition) is 2. The summed E-state index contributed by atoms with van der Waals surface area (Å²) >= 11 is 0. The van der Waals surface area contributed by atoms with Crippen molar-refractivity contribution >= 4 is 12.2 Å². The summed E-state index contributed by atoms with van der Waals surface area (Å²) in [4.78, 5) is 14.4. The molecule has 2 unspecified atom stereocenters. The van der Waals surface area contributed by atoms with Crippen molar-refractivity contribution in [2.24, 2.45) is 0 Å². The van der Waals surface area contributed by atoms with Gasteiger partial charge in [-0.05, 0) is 44.2 Å². The number of benzene rings is 1. The molecule has 0 spiro atoms. The van der Waals surface area contributed by atoms with Crippen molar-refractivity contribution in [3.8, 4) is 0 Å². The van der Waals surface area contributed by atoms with Crippen molar-refractivity contribution in [2.75, 3.05) is 0 Å². The molecule has 1 heterocycles. The van der Waals surface area contributed by atoms with Gasteiger partial charge in [0.1, 0.15) is 0 Å². The molecule has 3 heteroatoms. The van der Waals surface area contributed by atoms with Crippen LogP contribution >= 0.6 is 0 Å². The number of cyclic esters (lactones) is 1. The number of unbranched alkanes of at least 4 members (excludes halogenated alkanes) is 1. The molecule has 0 bridgehead atoms. The van der Waals surface area contributed by atoms with E-state index in [9.17, 15) is 4.79 Å². The first-order valence-electron chi connectivity index (χ1n) is 8.87. The van der Waals surface area contributed by atoms with E-state index in [4.69, 9.17) is 4.74 Å². The van der Waals surface area contributed by atoms with Crippen LogP contribution in [0.3, 0.4) is 0 Å². The highest BCUT2D eigenvalue weighted by molar-refractivity contribution is 5.78. The number of hydrogen-bond donors (Lipinski definition) is 0. The first kappa shape index (κ1) is 17.6. The van der Waals surface area contributed by atoms with Gasteiger partial charge in [-0.3, -0.25) is 4.90 Å². The standard InChI is InChI=1S/C20H29NO2/c1-5-8-14-20(7-3)18(15-17-12-10-9-11-13-17)21(16(4)6-2)19(22)23-20/h9-13,15-16H,5-8,14H2,1-4H3/b18-15-. The van der Waals surface area contributed by atoms with E-state index in [1.54, 1.807) is 0 Å². The van der Waals surface area contributed by atoms with Crippen LogP contribution in [0, 0.1) is 0 Å². The Labute approximate surface area is 140 Å². The summed E-state index contributed by atoms with van der Waals surface area (Å²) in [6.07, 6.45) is 6.70. The lowest BCUT2D eigenvalue weighted by molar-refractivity contribution is 0.0570. The third-order valence-electron chi connectivity index (χ3n) is 4.85. The minimum atomic E-state index is -0.480. The molecule has 1 aliphatic heterocycles. The van der Waals surface area contributed by atoms with E-state index >= 15 is 0 Å². The maximum atomic E-state index is 12.6. The fourth-order valence-electron chi connectivity index (χ4n) is 3.17. The lowest BCUT2D eigenvalue weighted by Gasteiger charge is -2.30. The molecule has 0 N–H and O–H groups in total. The summed E-state index contributed by atoms with van der Waals surface area (Å²) < 4.78 is 5.94. The zero-order valence-electron chi connectivity index (χ0n) is 14.8. The predicted molar refractivity (Wildman–Crippen MR) is 95.0 cm³/mol. The van der Waals surface area contributed by atoms with Crippen molar-refractivity contribution in [3.05, 3.63) is 41.6 Å². The van der Waals surface area contributed by atoms with Crippen LogP contribution in [0.1, 0.15) is 65.4 Å². The van der Waals surface area contributed by atoms with E-state index in [0.717, 1.165) is 43.4 Å². The van der Waals surface area contributed by atoms with Gasteiger partial charge >= 0.3 is 6.09 Å². The second-order valence-electron chi connectivity index (χ2n) is 6.39. The Morgan fingerprint density at radius 2 is 1.91 bits per heavy atom. The smallest absolute Gasteiger partial charge is 0.415 e. The molecule has 1 aliphatic rings. The summed E-state index contributed by atoms with van der Waals surface area (Å²) in [5, 5.41) is 0. The third-order valence-corrected chi connectivity index (χ3v) is 4.85. The molecule has 0 radical (unpaired) electrons. The summed E-state index contributed by atoms with van der Waals surface area (Å²) in [6, 6.07) is 10.4. The highest BCUT2D eigenvalue weighted by Crippen LogP contribution is 2.42. The Kier molecular flexibility index (Phi) is 5.86. The van der Waals surface area contributed by atoms with Gasteiger partial charge in [-0.1, -0.05) is 57.5 Å². The van der Waals surface area contributed by atoms with Crippen LogP contribution in [0.15, 0.2) is 36.0 Å². The van der Waals surface area contributed by atoms with E-state index < -0.39 is 5.60 Å². The van der Waals surface area contributed by atoms with Crippen LogP contribution in [0.4, 0.5) is 4.79 Å². The van der Waals surface area contributed by atoms with E-state index in [0.29, 0.717) is 0 Å². The molecule has 1 aromatic rings. The first-order valence-corrected chi connectivity index (χ1v) is 8.87. The van der Waals surface area contributed by atoms with Crippen LogP contribution in [-0.4, -0.2) is 22.6 Å². The van der Waals surface area contributed by atoms with Crippen LogP contribution in [0.5, 0.6) is 0 Å². The second-order valence-corrected chi connectivity index (χ2v) is 6.39. The Morgan fingerprint density at radius 1 is 1.22 bits per heavy atom. The molecule has 0 aliphatic carbocycles. The molecule has 126 valence electrons. The molecular weight excluding hydrogens is 286 g/mol. The summed E-state index contributed by atoms with van der Waals surface area (Å²) in [5.74, 6) is 0. The molecule has 1 saturated heterocycles. The van der Waals surface area contributed by atoms with Crippen LogP contribution in [0.2, 0.25) is 0 Å². The number of nitrogens with zero attached hydrogens (tertiary/aromatic N) is 1. The molecule has 23 heavy (non-hydrogen) atoms. The van der Waals surface area contributed by atoms with Gasteiger partial charge in [0.2, 0.25) is 0 Å². The average Bonchev–Trinajstić information content (AvgIpc) is 2.85. The van der Waals surface area contributed by atoms with Crippen molar-refractivity contribution in [2.45, 2.75) is 71.4 Å². The Bertz CT molecular complexity index is 552. The van der Waals surface area contributed by atoms with E-state index in [1.165, 1.54) is 0 Å². The highest BCUT2D eigenvalue weighted by atomic mass is 16.6. The van der Waals surface area contributed by atoms with Crippen molar-refractivity contribution in [1.29, 1.82) is 0 Å². The SMILES string of the molecule is CCCCC1(CC)OC(=O)N(C(C)CC)/C1=C\c1ccccc1. The Balaban J connectivity index is 2.49.